The third kappa shape index (κ3) is 2.01. The van der Waals surface area contributed by atoms with E-state index >= 15 is 0 Å². The van der Waals surface area contributed by atoms with Gasteiger partial charge in [0.1, 0.15) is 0 Å². The fraction of sp³-hybridized carbons (Fsp3) is 1.00. The summed E-state index contributed by atoms with van der Waals surface area (Å²) in [4.78, 5) is 0. The predicted molar refractivity (Wildman–Crippen MR) is 103 cm³/mol. The first-order chi connectivity index (χ1) is 9.56. The zero-order chi connectivity index (χ0) is 14.0. The zero-order valence-electron chi connectivity index (χ0n) is 12.7. The number of halogens is 2. The fourth-order valence-corrected chi connectivity index (χ4v) is 9.93. The maximum atomic E-state index is 2.98. The summed E-state index contributed by atoms with van der Waals surface area (Å²) in [5, 5.41) is 0. The second kappa shape index (κ2) is 5.24. The van der Waals surface area contributed by atoms with Crippen LogP contribution in [0.4, 0.5) is 0 Å². The number of hydrogen-bond acceptors (Lipinski definition) is 0. The van der Waals surface area contributed by atoms with Gasteiger partial charge in [-0.3, -0.25) is 0 Å². The lowest BCUT2D eigenvalue weighted by Gasteiger charge is -2.60. The van der Waals surface area contributed by atoms with Crippen LogP contribution < -0.4 is 0 Å². The third-order valence-corrected chi connectivity index (χ3v) is 12.3. The van der Waals surface area contributed by atoms with Gasteiger partial charge in [-0.05, 0) is 81.0 Å². The Kier molecular flexibility index (Phi) is 3.93. The number of fused-ring (bicyclic) bond motifs is 5. The molecule has 0 saturated heterocycles. The average molecular weight is 498 g/mol. The smallest absolute Gasteiger partial charge is 0.0306 e. The van der Waals surface area contributed by atoms with Gasteiger partial charge in [-0.15, -0.1) is 0 Å². The van der Waals surface area contributed by atoms with Gasteiger partial charge in [-0.25, -0.2) is 0 Å². The van der Waals surface area contributed by atoms with E-state index in [-0.39, 0.29) is 0 Å². The standard InChI is InChI=1S/C18H28I2/c1-12-4-2-5-13-7-8-14-15-6-3-10-17(15,19)11-9-16(14)18(12,13)20/h12-16H,2-11H2,1H3. The van der Waals surface area contributed by atoms with Crippen LogP contribution in [0.1, 0.15) is 71.1 Å². The molecule has 0 N–H and O–H groups in total. The molecule has 0 aromatic carbocycles. The molecule has 4 aliphatic rings. The van der Waals surface area contributed by atoms with Crippen molar-refractivity contribution in [3.05, 3.63) is 0 Å². The van der Waals surface area contributed by atoms with Crippen LogP contribution in [-0.2, 0) is 0 Å². The molecule has 0 aromatic heterocycles. The van der Waals surface area contributed by atoms with E-state index in [4.69, 9.17) is 0 Å². The molecule has 7 unspecified atom stereocenters. The lowest BCUT2D eigenvalue weighted by molar-refractivity contribution is -0.000529. The highest BCUT2D eigenvalue weighted by atomic mass is 127. The largest absolute Gasteiger partial charge is 0.0786 e. The van der Waals surface area contributed by atoms with Gasteiger partial charge < -0.3 is 0 Å². The van der Waals surface area contributed by atoms with Crippen LogP contribution in [0.15, 0.2) is 0 Å². The van der Waals surface area contributed by atoms with E-state index in [9.17, 15) is 0 Å². The summed E-state index contributed by atoms with van der Waals surface area (Å²) >= 11 is 5.87. The molecule has 0 amide bonds. The second-order valence-electron chi connectivity index (χ2n) is 8.28. The van der Waals surface area contributed by atoms with Gasteiger partial charge in [-0.2, -0.15) is 0 Å². The van der Waals surface area contributed by atoms with Gasteiger partial charge in [0.25, 0.3) is 0 Å². The molecule has 4 rings (SSSR count). The van der Waals surface area contributed by atoms with Crippen molar-refractivity contribution in [2.24, 2.45) is 29.6 Å². The number of alkyl halides is 2. The summed E-state index contributed by atoms with van der Waals surface area (Å²) < 4.78 is 1.37. The predicted octanol–water partition coefficient (Wildman–Crippen LogP) is 6.39. The second-order valence-corrected chi connectivity index (χ2v) is 12.3. The van der Waals surface area contributed by atoms with Gasteiger partial charge in [-0.1, -0.05) is 64.9 Å². The molecule has 0 nitrogen and oxygen atoms in total. The summed E-state index contributed by atoms with van der Waals surface area (Å²) in [7, 11) is 0. The van der Waals surface area contributed by atoms with Crippen molar-refractivity contribution in [2.45, 2.75) is 78.0 Å². The summed E-state index contributed by atoms with van der Waals surface area (Å²) in [6.07, 6.45) is 15.3. The van der Waals surface area contributed by atoms with Gasteiger partial charge in [0.15, 0.2) is 0 Å². The first kappa shape index (κ1) is 15.0. The van der Waals surface area contributed by atoms with Crippen molar-refractivity contribution < 1.29 is 0 Å². The minimum Gasteiger partial charge on any atom is -0.0786 e. The van der Waals surface area contributed by atoms with Crippen LogP contribution in [0, 0.1) is 29.6 Å². The molecule has 2 heteroatoms. The Labute approximate surface area is 151 Å². The first-order valence-corrected chi connectivity index (χ1v) is 11.1. The topological polar surface area (TPSA) is 0 Å². The Balaban J connectivity index is 1.67. The lowest BCUT2D eigenvalue weighted by Crippen LogP contribution is -2.57. The van der Waals surface area contributed by atoms with Crippen LogP contribution >= 0.6 is 45.2 Å². The maximum Gasteiger partial charge on any atom is 0.0306 e. The zero-order valence-corrected chi connectivity index (χ0v) is 17.0. The molecule has 4 aliphatic carbocycles. The molecule has 0 bridgehead atoms. The lowest BCUT2D eigenvalue weighted by atomic mass is 9.51. The molecule has 0 radical (unpaired) electrons. The fourth-order valence-electron chi connectivity index (χ4n) is 6.75. The first-order valence-electron chi connectivity index (χ1n) is 8.93. The Morgan fingerprint density at radius 2 is 1.65 bits per heavy atom. The summed E-state index contributed by atoms with van der Waals surface area (Å²) in [6, 6.07) is 0. The average Bonchev–Trinajstić information content (AvgIpc) is 2.82. The van der Waals surface area contributed by atoms with Crippen LogP contribution in [0.3, 0.4) is 0 Å². The van der Waals surface area contributed by atoms with Gasteiger partial charge in [0, 0.05) is 6.84 Å². The van der Waals surface area contributed by atoms with E-state index in [1.165, 1.54) is 38.5 Å². The highest BCUT2D eigenvalue weighted by Gasteiger charge is 2.60. The van der Waals surface area contributed by atoms with Crippen molar-refractivity contribution in [1.29, 1.82) is 0 Å². The van der Waals surface area contributed by atoms with Crippen LogP contribution in [0.2, 0.25) is 0 Å². The van der Waals surface area contributed by atoms with E-state index < -0.39 is 0 Å². The summed E-state index contributed by atoms with van der Waals surface area (Å²) in [5.41, 5.74) is 0. The Morgan fingerprint density at radius 3 is 2.50 bits per heavy atom. The van der Waals surface area contributed by atoms with Gasteiger partial charge in [0.05, 0.1) is 0 Å². The van der Waals surface area contributed by atoms with Crippen LogP contribution in [-0.4, -0.2) is 6.84 Å². The van der Waals surface area contributed by atoms with Gasteiger partial charge in [0.2, 0.25) is 0 Å². The molecule has 7 atom stereocenters. The minimum atomic E-state index is 0.666. The molecule has 0 aromatic rings. The summed E-state index contributed by atoms with van der Waals surface area (Å²) in [6.45, 7) is 2.58. The number of hydrogen-bond donors (Lipinski definition) is 0. The van der Waals surface area contributed by atoms with Crippen molar-refractivity contribution in [2.75, 3.05) is 0 Å². The van der Waals surface area contributed by atoms with E-state index in [0.717, 1.165) is 29.6 Å². The Bertz CT molecular complexity index is 395. The third-order valence-electron chi connectivity index (χ3n) is 7.66. The van der Waals surface area contributed by atoms with Crippen molar-refractivity contribution >= 4 is 45.2 Å². The highest BCUT2D eigenvalue weighted by molar-refractivity contribution is 14.1. The van der Waals surface area contributed by atoms with Gasteiger partial charge >= 0.3 is 0 Å². The number of rotatable bonds is 0. The summed E-state index contributed by atoms with van der Waals surface area (Å²) in [5.74, 6) is 5.23. The molecule has 114 valence electrons. The Morgan fingerprint density at radius 1 is 0.800 bits per heavy atom. The molecule has 0 aliphatic heterocycles. The SMILES string of the molecule is CC1CCCC2CCC3C4CCCC4(I)CCC3C12I. The monoisotopic (exact) mass is 498 g/mol. The normalized spacial score (nSPS) is 58.6. The van der Waals surface area contributed by atoms with E-state index in [0.29, 0.717) is 6.84 Å². The highest BCUT2D eigenvalue weighted by Crippen LogP contribution is 2.66. The molecular weight excluding hydrogens is 470 g/mol. The maximum absolute atomic E-state index is 2.98. The molecule has 0 heterocycles. The van der Waals surface area contributed by atoms with Crippen molar-refractivity contribution in [3.8, 4) is 0 Å². The van der Waals surface area contributed by atoms with Crippen molar-refractivity contribution in [3.63, 3.8) is 0 Å². The van der Waals surface area contributed by atoms with Crippen LogP contribution in [0.25, 0.3) is 0 Å². The minimum absolute atomic E-state index is 0.666. The van der Waals surface area contributed by atoms with E-state index in [1.54, 1.807) is 25.7 Å². The van der Waals surface area contributed by atoms with E-state index in [1.807, 2.05) is 0 Å². The molecule has 4 saturated carbocycles. The van der Waals surface area contributed by atoms with Crippen molar-refractivity contribution in [1.82, 2.24) is 0 Å². The quantitative estimate of drug-likeness (QED) is 0.268. The molecule has 4 fully saturated rings. The molecular formula is C18H28I2. The molecule has 20 heavy (non-hydrogen) atoms. The van der Waals surface area contributed by atoms with Crippen LogP contribution in [0.5, 0.6) is 0 Å². The Hall–Kier alpha value is 1.46. The molecule has 0 spiro atoms. The van der Waals surface area contributed by atoms with E-state index in [2.05, 4.69) is 52.1 Å².